The first kappa shape index (κ1) is 42.5. The van der Waals surface area contributed by atoms with E-state index in [0.29, 0.717) is 11.3 Å². The summed E-state index contributed by atoms with van der Waals surface area (Å²) < 4.78 is 40.1. The minimum Gasteiger partial charge on any atom is -0.0654 e. The van der Waals surface area contributed by atoms with E-state index >= 15 is 8.42 Å². The van der Waals surface area contributed by atoms with E-state index in [0.717, 1.165) is 75.2 Å². The van der Waals surface area contributed by atoms with Crippen molar-refractivity contribution >= 4 is 48.9 Å². The molecule has 300 valence electrons. The zero-order chi connectivity index (χ0) is 39.8. The molecule has 0 saturated heterocycles. The van der Waals surface area contributed by atoms with E-state index in [4.69, 9.17) is 3.97 Å². The second-order valence-electron chi connectivity index (χ2n) is 15.7. The minimum atomic E-state index is -4.54. The van der Waals surface area contributed by atoms with Crippen LogP contribution >= 0.6 is 6.83 Å². The van der Waals surface area contributed by atoms with Gasteiger partial charge in [0.05, 0.1) is 0 Å². The molecule has 0 N–H and O–H groups in total. The van der Waals surface area contributed by atoms with Crippen LogP contribution in [0.5, 0.6) is 0 Å². The van der Waals surface area contributed by atoms with Gasteiger partial charge in [-0.3, -0.25) is 0 Å². The third kappa shape index (κ3) is 9.30. The molecule has 0 amide bonds. The van der Waals surface area contributed by atoms with Gasteiger partial charge in [-0.1, -0.05) is 20.3 Å². The van der Waals surface area contributed by atoms with Crippen LogP contribution in [0.1, 0.15) is 115 Å². The zero-order valence-corrected chi connectivity index (χ0v) is 36.0. The SMILES string of the molecule is CCCCCCCCCc1cc2ccccc2c(S(=O)(=O)OP(c2ccccc2)(c2ccccc2)(c2ccccc2)c2ccccc2)c1CCCCCCCCC. The van der Waals surface area contributed by atoms with Crippen LogP contribution in [0, 0.1) is 0 Å². The standard InChI is InChI=1S/C52H63O3PS/c1-3-5-7-9-11-13-19-31-44-43-45-32-29-30-42-51(45)52(50(44)41-28-14-12-10-8-6-4-2)57(53,54)55-56(46-33-20-15-21-34-46,47-35-22-16-23-36-47,48-37-24-17-25-38-48)49-39-26-18-27-40-49/h15-18,20-27,29-30,32-40,42-43H,3-14,19,28,31,41H2,1-2H3. The average molecular weight is 799 g/mol. The normalized spacial score (nSPS) is 12.7. The van der Waals surface area contributed by atoms with Gasteiger partial charge in [0.15, 0.2) is 0 Å². The first-order valence-electron chi connectivity index (χ1n) is 21.7. The van der Waals surface area contributed by atoms with Crippen LogP contribution in [-0.4, -0.2) is 8.42 Å². The first-order valence-corrected chi connectivity index (χ1v) is 25.3. The van der Waals surface area contributed by atoms with E-state index in [1.54, 1.807) is 0 Å². The van der Waals surface area contributed by atoms with Crippen molar-refractivity contribution in [1.82, 2.24) is 0 Å². The summed E-state index contributed by atoms with van der Waals surface area (Å²) in [6.45, 7) is -0.0249. The van der Waals surface area contributed by atoms with E-state index in [1.165, 1.54) is 64.2 Å². The summed E-state index contributed by atoms with van der Waals surface area (Å²) in [5, 5.41) is 5.04. The summed E-state index contributed by atoms with van der Waals surface area (Å²) >= 11 is 0. The molecule has 0 fully saturated rings. The van der Waals surface area contributed by atoms with Crippen molar-refractivity contribution in [2.24, 2.45) is 0 Å². The molecule has 0 aliphatic carbocycles. The van der Waals surface area contributed by atoms with Crippen molar-refractivity contribution < 1.29 is 12.4 Å². The summed E-state index contributed by atoms with van der Waals surface area (Å²) in [5.74, 6) is 0. The van der Waals surface area contributed by atoms with Gasteiger partial charge < -0.3 is 0 Å². The van der Waals surface area contributed by atoms with Gasteiger partial charge in [-0.2, -0.15) is 0 Å². The Balaban J connectivity index is 1.59. The Labute approximate surface area is 344 Å². The van der Waals surface area contributed by atoms with Crippen molar-refractivity contribution in [1.29, 1.82) is 0 Å². The fraction of sp³-hybridized carbons (Fsp3) is 0.346. The van der Waals surface area contributed by atoms with Crippen molar-refractivity contribution in [3.8, 4) is 0 Å². The zero-order valence-electron chi connectivity index (χ0n) is 34.3. The predicted octanol–water partition coefficient (Wildman–Crippen LogP) is 12.9. The molecule has 0 saturated carbocycles. The number of rotatable bonds is 23. The maximum atomic E-state index is 16.2. The molecule has 0 aromatic heterocycles. The third-order valence-electron chi connectivity index (χ3n) is 11.8. The predicted molar refractivity (Wildman–Crippen MR) is 247 cm³/mol. The van der Waals surface area contributed by atoms with E-state index in [2.05, 4.69) is 74.5 Å². The van der Waals surface area contributed by atoms with Crippen LogP contribution in [0.2, 0.25) is 0 Å². The van der Waals surface area contributed by atoms with Crippen LogP contribution < -0.4 is 21.2 Å². The molecule has 0 aliphatic rings. The van der Waals surface area contributed by atoms with Gasteiger partial charge in [0.1, 0.15) is 0 Å². The molecular formula is C52H63O3PS. The van der Waals surface area contributed by atoms with Crippen molar-refractivity contribution in [3.05, 3.63) is 163 Å². The molecule has 0 unspecified atom stereocenters. The summed E-state index contributed by atoms with van der Waals surface area (Å²) in [6, 6.07) is 50.9. The summed E-state index contributed by atoms with van der Waals surface area (Å²) in [6.07, 6.45) is 18.2. The minimum absolute atomic E-state index is 0.345. The van der Waals surface area contributed by atoms with E-state index in [1.807, 2.05) is 91.0 Å². The fourth-order valence-electron chi connectivity index (χ4n) is 8.88. The molecular weight excluding hydrogens is 736 g/mol. The topological polar surface area (TPSA) is 43.4 Å². The van der Waals surface area contributed by atoms with E-state index in [-0.39, 0.29) is 0 Å². The number of hydrogen-bond donors (Lipinski definition) is 0. The molecule has 0 bridgehead atoms. The number of hydrogen-bond acceptors (Lipinski definition) is 3. The number of unbranched alkanes of at least 4 members (excludes halogenated alkanes) is 12. The van der Waals surface area contributed by atoms with Crippen molar-refractivity contribution in [2.45, 2.75) is 121 Å². The van der Waals surface area contributed by atoms with Gasteiger partial charge in [0, 0.05) is 0 Å². The van der Waals surface area contributed by atoms with Crippen LogP contribution in [-0.2, 0) is 26.9 Å². The Morgan fingerprint density at radius 1 is 0.439 bits per heavy atom. The van der Waals surface area contributed by atoms with E-state index in [9.17, 15) is 0 Å². The monoisotopic (exact) mass is 798 g/mol. The van der Waals surface area contributed by atoms with Crippen molar-refractivity contribution in [2.75, 3.05) is 0 Å². The van der Waals surface area contributed by atoms with Crippen molar-refractivity contribution in [3.63, 3.8) is 0 Å². The quantitative estimate of drug-likeness (QED) is 0.0479. The third-order valence-corrected chi connectivity index (χ3v) is 19.8. The maximum absolute atomic E-state index is 16.2. The molecule has 0 heterocycles. The fourth-order valence-corrected chi connectivity index (χ4v) is 17.9. The second kappa shape index (κ2) is 20.6. The smallest absolute Gasteiger partial charge is 0.0654 e. The van der Waals surface area contributed by atoms with Crippen LogP contribution in [0.25, 0.3) is 10.8 Å². The number of aryl methyl sites for hydroxylation is 1. The van der Waals surface area contributed by atoms with Crippen LogP contribution in [0.4, 0.5) is 0 Å². The molecule has 3 nitrogen and oxygen atoms in total. The molecule has 5 heteroatoms. The Kier molecular flexibility index (Phi) is 15.3. The van der Waals surface area contributed by atoms with Gasteiger partial charge in [0.25, 0.3) is 0 Å². The van der Waals surface area contributed by atoms with Gasteiger partial charge >= 0.3 is 325 Å². The molecule has 6 aromatic carbocycles. The summed E-state index contributed by atoms with van der Waals surface area (Å²) in [7, 11) is -4.49. The Morgan fingerprint density at radius 3 is 1.25 bits per heavy atom. The van der Waals surface area contributed by atoms with Gasteiger partial charge in [-0.15, -0.1) is 0 Å². The number of fused-ring (bicyclic) bond motifs is 1. The number of benzene rings is 6. The molecule has 6 aromatic rings. The van der Waals surface area contributed by atoms with E-state index < -0.39 is 16.9 Å². The molecule has 57 heavy (non-hydrogen) atoms. The second-order valence-corrected chi connectivity index (χ2v) is 21.8. The molecule has 0 spiro atoms. The van der Waals surface area contributed by atoms with Gasteiger partial charge in [-0.05, 0) is 0 Å². The Bertz CT molecular complexity index is 2050. The summed E-state index contributed by atoms with van der Waals surface area (Å²) in [4.78, 5) is 0.345. The molecule has 0 radical (unpaired) electrons. The first-order chi connectivity index (χ1) is 28.0. The van der Waals surface area contributed by atoms with Crippen LogP contribution in [0.3, 0.4) is 0 Å². The van der Waals surface area contributed by atoms with Gasteiger partial charge in [0.2, 0.25) is 0 Å². The summed E-state index contributed by atoms with van der Waals surface area (Å²) in [5.41, 5.74) is 2.08. The molecule has 6 rings (SSSR count). The molecule has 0 aliphatic heterocycles. The molecule has 0 atom stereocenters. The Morgan fingerprint density at radius 2 is 0.807 bits per heavy atom. The average Bonchev–Trinajstić information content (AvgIpc) is 3.26. The van der Waals surface area contributed by atoms with Crippen LogP contribution in [0.15, 0.2) is 157 Å². The van der Waals surface area contributed by atoms with Gasteiger partial charge in [-0.25, -0.2) is 0 Å². The Hall–Kier alpha value is -4.08.